The summed E-state index contributed by atoms with van der Waals surface area (Å²) in [5.74, 6) is -2.12. The van der Waals surface area contributed by atoms with E-state index in [1.165, 1.54) is 10.6 Å². The highest BCUT2D eigenvalue weighted by atomic mass is 32.2. The zero-order valence-corrected chi connectivity index (χ0v) is 19.4. The summed E-state index contributed by atoms with van der Waals surface area (Å²) in [7, 11) is -1.84. The van der Waals surface area contributed by atoms with Crippen molar-refractivity contribution >= 4 is 26.8 Å². The Morgan fingerprint density at radius 3 is 2.68 bits per heavy atom. The Morgan fingerprint density at radius 1 is 1.24 bits per heavy atom. The lowest BCUT2D eigenvalue weighted by Gasteiger charge is -2.38. The first kappa shape index (κ1) is 22.5. The summed E-state index contributed by atoms with van der Waals surface area (Å²) < 4.78 is 54.3. The minimum absolute atomic E-state index is 0.124. The van der Waals surface area contributed by atoms with Crippen molar-refractivity contribution in [3.8, 4) is 0 Å². The van der Waals surface area contributed by atoms with Gasteiger partial charge in [-0.1, -0.05) is 0 Å². The number of benzene rings is 1. The number of pyridine rings is 1. The van der Waals surface area contributed by atoms with Gasteiger partial charge < -0.3 is 19.9 Å². The molecule has 2 N–H and O–H groups in total. The van der Waals surface area contributed by atoms with E-state index >= 15 is 0 Å². The van der Waals surface area contributed by atoms with Gasteiger partial charge in [-0.15, -0.1) is 0 Å². The molecule has 34 heavy (non-hydrogen) atoms. The van der Waals surface area contributed by atoms with Gasteiger partial charge in [-0.2, -0.15) is 0 Å². The zero-order chi connectivity index (χ0) is 24.4. The second kappa shape index (κ2) is 7.92. The van der Waals surface area contributed by atoms with Gasteiger partial charge in [0.25, 0.3) is 5.56 Å². The summed E-state index contributed by atoms with van der Waals surface area (Å²) in [5, 5.41) is 13.4. The number of aliphatic hydroxyl groups is 1. The summed E-state index contributed by atoms with van der Waals surface area (Å²) in [5.41, 5.74) is 2.91. The molecule has 2 aliphatic heterocycles. The molecule has 2 atom stereocenters. The summed E-state index contributed by atoms with van der Waals surface area (Å²) in [6, 6.07) is 4.46. The number of fused-ring (bicyclic) bond motifs is 2. The summed E-state index contributed by atoms with van der Waals surface area (Å²) in [4.78, 5) is 14.9. The van der Waals surface area contributed by atoms with Crippen molar-refractivity contribution in [1.29, 1.82) is 0 Å². The van der Waals surface area contributed by atoms with E-state index in [4.69, 9.17) is 0 Å². The molecule has 2 unspecified atom stereocenters. The largest absolute Gasteiger partial charge is 0.396 e. The van der Waals surface area contributed by atoms with Gasteiger partial charge in [-0.3, -0.25) is 4.79 Å². The molecule has 0 radical (unpaired) electrons. The van der Waals surface area contributed by atoms with Crippen molar-refractivity contribution in [3.63, 3.8) is 0 Å². The van der Waals surface area contributed by atoms with E-state index in [2.05, 4.69) is 5.32 Å². The number of halogens is 2. The summed E-state index contributed by atoms with van der Waals surface area (Å²) in [6.07, 6.45) is 6.09. The van der Waals surface area contributed by atoms with E-state index in [-0.39, 0.29) is 29.5 Å². The van der Waals surface area contributed by atoms with Crippen LogP contribution in [0.5, 0.6) is 0 Å². The number of hydrogen-bond acceptors (Lipinski definition) is 6. The van der Waals surface area contributed by atoms with E-state index in [0.717, 1.165) is 18.4 Å². The first-order chi connectivity index (χ1) is 16.1. The number of hydrogen-bond donors (Lipinski definition) is 2. The molecule has 0 fully saturated rings. The smallest absolute Gasteiger partial charge is 0.260 e. The highest BCUT2D eigenvalue weighted by Gasteiger charge is 2.43. The molecular weight excluding hydrogens is 464 g/mol. The van der Waals surface area contributed by atoms with Gasteiger partial charge in [0, 0.05) is 56.4 Å². The van der Waals surface area contributed by atoms with Crippen molar-refractivity contribution in [1.82, 2.24) is 9.88 Å². The first-order valence-electron chi connectivity index (χ1n) is 10.7. The van der Waals surface area contributed by atoms with Crippen LogP contribution in [0.2, 0.25) is 0 Å². The number of aliphatic hydroxyl groups excluding tert-OH is 1. The molecule has 178 valence electrons. The number of nitrogens with one attached hydrogen (secondary N) is 1. The lowest BCUT2D eigenvalue weighted by atomic mass is 9.85. The van der Waals surface area contributed by atoms with Gasteiger partial charge in [-0.25, -0.2) is 17.2 Å². The molecule has 3 heterocycles. The van der Waals surface area contributed by atoms with E-state index in [1.807, 2.05) is 0 Å². The Kier molecular flexibility index (Phi) is 5.25. The standard InChI is InChI=1S/C24H23F2N3O4S/c1-28-6-5-17-14(12-34(2,32)33)7-13-10-29(19-4-3-16(25)8-18(19)26)23-15(11-30)9-27-22(20(13)23)21(17)24(28)31/h3-8,10,15,23,27,30H,9,11-12H2,1-2H3. The highest BCUT2D eigenvalue weighted by Crippen LogP contribution is 2.46. The van der Waals surface area contributed by atoms with Gasteiger partial charge in [0.05, 0.1) is 28.7 Å². The number of aryl methyl sites for hydroxylation is 1. The lowest BCUT2D eigenvalue weighted by molar-refractivity contribution is 0.210. The van der Waals surface area contributed by atoms with Crippen LogP contribution >= 0.6 is 0 Å². The molecule has 0 amide bonds. The van der Waals surface area contributed by atoms with E-state index in [1.54, 1.807) is 36.5 Å². The van der Waals surface area contributed by atoms with Crippen molar-refractivity contribution in [3.05, 3.63) is 87.0 Å². The average molecular weight is 488 g/mol. The van der Waals surface area contributed by atoms with Crippen molar-refractivity contribution in [2.24, 2.45) is 13.0 Å². The van der Waals surface area contributed by atoms with E-state index in [0.29, 0.717) is 40.1 Å². The number of rotatable bonds is 4. The predicted octanol–water partition coefficient (Wildman–Crippen LogP) is 1.80. The first-order valence-corrected chi connectivity index (χ1v) is 12.8. The maximum absolute atomic E-state index is 14.8. The Bertz CT molecular complexity index is 1470. The van der Waals surface area contributed by atoms with Crippen LogP contribution in [0.25, 0.3) is 11.3 Å². The quantitative estimate of drug-likeness (QED) is 0.684. The predicted molar refractivity (Wildman–Crippen MR) is 126 cm³/mol. The van der Waals surface area contributed by atoms with Crippen molar-refractivity contribution < 1.29 is 22.3 Å². The molecule has 0 bridgehead atoms. The van der Waals surface area contributed by atoms with Crippen molar-refractivity contribution in [2.45, 2.75) is 6.04 Å². The van der Waals surface area contributed by atoms with Crippen molar-refractivity contribution in [2.75, 3.05) is 30.1 Å². The lowest BCUT2D eigenvalue weighted by Crippen LogP contribution is -2.47. The van der Waals surface area contributed by atoms with E-state index < -0.39 is 27.5 Å². The fraction of sp³-hybridized carbons (Fsp3) is 0.292. The molecule has 5 rings (SSSR count). The van der Waals surface area contributed by atoms with Gasteiger partial charge in [0.2, 0.25) is 0 Å². The summed E-state index contributed by atoms with van der Waals surface area (Å²) >= 11 is 0. The molecular formula is C24H23F2N3O4S. The van der Waals surface area contributed by atoms with Crippen LogP contribution < -0.4 is 15.8 Å². The number of sulfone groups is 1. The van der Waals surface area contributed by atoms with Crippen LogP contribution in [0.15, 0.2) is 58.7 Å². The monoisotopic (exact) mass is 487 g/mol. The maximum atomic E-state index is 14.8. The molecule has 7 nitrogen and oxygen atoms in total. The van der Waals surface area contributed by atoms with Gasteiger partial charge >= 0.3 is 0 Å². The van der Waals surface area contributed by atoms with Crippen LogP contribution in [-0.4, -0.2) is 49.3 Å². The molecule has 3 aliphatic rings. The fourth-order valence-electron chi connectivity index (χ4n) is 5.02. The maximum Gasteiger partial charge on any atom is 0.260 e. The Hall–Kier alpha value is -3.24. The molecule has 1 aliphatic carbocycles. The second-order valence-electron chi connectivity index (χ2n) is 8.90. The van der Waals surface area contributed by atoms with Crippen LogP contribution in [0, 0.1) is 17.6 Å². The van der Waals surface area contributed by atoms with Crippen LogP contribution in [0.1, 0.15) is 11.1 Å². The molecule has 1 aromatic carbocycles. The molecule has 1 aromatic heterocycles. The van der Waals surface area contributed by atoms with Gasteiger partial charge in [0.15, 0.2) is 9.84 Å². The molecule has 0 spiro atoms. The third-order valence-electron chi connectivity index (χ3n) is 6.48. The SMILES string of the molecule is Cn1ccc2c(c1=O)C1=C3C(=CN(c4ccc(F)cc4F)C3C(CO)CN1)C=C2CS(C)(=O)=O. The Morgan fingerprint density at radius 2 is 2.00 bits per heavy atom. The third kappa shape index (κ3) is 3.57. The molecule has 0 saturated heterocycles. The number of aromatic nitrogens is 1. The number of nitrogens with zero attached hydrogens (tertiary/aromatic N) is 2. The van der Waals surface area contributed by atoms with Gasteiger partial charge in [0.1, 0.15) is 11.6 Å². The van der Waals surface area contributed by atoms with E-state index in [9.17, 15) is 27.1 Å². The third-order valence-corrected chi connectivity index (χ3v) is 7.31. The molecule has 2 aromatic rings. The van der Waals surface area contributed by atoms with Crippen LogP contribution in [-0.2, 0) is 16.9 Å². The minimum Gasteiger partial charge on any atom is -0.396 e. The molecule has 10 heteroatoms. The molecule has 0 saturated carbocycles. The highest BCUT2D eigenvalue weighted by molar-refractivity contribution is 7.91. The normalized spacial score (nSPS) is 21.4. The second-order valence-corrected chi connectivity index (χ2v) is 11.0. The van der Waals surface area contributed by atoms with Gasteiger partial charge in [-0.05, 0) is 41.0 Å². The van der Waals surface area contributed by atoms with Crippen LogP contribution in [0.3, 0.4) is 0 Å². The fourth-order valence-corrected chi connectivity index (χ4v) is 5.83. The topological polar surface area (TPSA) is 91.6 Å². The number of anilines is 1. The average Bonchev–Trinajstić information content (AvgIpc) is 3.07. The van der Waals surface area contributed by atoms with Crippen LogP contribution in [0.4, 0.5) is 14.5 Å². The number of allylic oxidation sites excluding steroid dienone is 1. The minimum atomic E-state index is -3.45. The zero-order valence-electron chi connectivity index (χ0n) is 18.5. The summed E-state index contributed by atoms with van der Waals surface area (Å²) in [6.45, 7) is 0.0911. The Labute approximate surface area is 195 Å². The Balaban J connectivity index is 1.81.